The molecule has 0 atom stereocenters. The van der Waals surface area contributed by atoms with E-state index in [1.165, 1.54) is 12.1 Å². The van der Waals surface area contributed by atoms with E-state index in [0.29, 0.717) is 10.6 Å². The summed E-state index contributed by atoms with van der Waals surface area (Å²) in [5, 5.41) is 3.58. The minimum atomic E-state index is -3.98. The first-order valence-corrected chi connectivity index (χ1v) is 13.2. The van der Waals surface area contributed by atoms with Gasteiger partial charge in [-0.05, 0) is 61.4 Å². The number of para-hydroxylation sites is 1. The number of benzene rings is 3. The molecule has 4 rings (SSSR count). The molecule has 0 aliphatic rings. The van der Waals surface area contributed by atoms with E-state index < -0.39 is 9.84 Å². The van der Waals surface area contributed by atoms with Crippen LogP contribution in [-0.2, 0) is 9.84 Å². The molecule has 3 aromatic carbocycles. The molecular weight excluding hydrogens is 520 g/mol. The van der Waals surface area contributed by atoms with Gasteiger partial charge in [-0.3, -0.25) is 4.79 Å². The standard InChI is InChI=1S/C25H21BrN2O3S2/c1-15-7-6-8-16(2)21(15)28-25-24(33(30,31)19-9-4-3-5-10-19)20(27)23(32-25)22(29)17-11-13-18(26)14-12-17/h3-14,28H,27H2,1-2H3. The van der Waals surface area contributed by atoms with Gasteiger partial charge in [0.1, 0.15) is 14.8 Å². The van der Waals surface area contributed by atoms with Gasteiger partial charge in [-0.15, -0.1) is 11.3 Å². The molecule has 0 unspecified atom stereocenters. The summed E-state index contributed by atoms with van der Waals surface area (Å²) in [5.74, 6) is -0.330. The largest absolute Gasteiger partial charge is 0.396 e. The smallest absolute Gasteiger partial charge is 0.211 e. The summed E-state index contributed by atoms with van der Waals surface area (Å²) in [6.07, 6.45) is 0. The van der Waals surface area contributed by atoms with Gasteiger partial charge < -0.3 is 11.1 Å². The average molecular weight is 541 g/mol. The van der Waals surface area contributed by atoms with Crippen LogP contribution >= 0.6 is 27.3 Å². The lowest BCUT2D eigenvalue weighted by Gasteiger charge is -2.13. The van der Waals surface area contributed by atoms with Crippen molar-refractivity contribution in [2.45, 2.75) is 23.6 Å². The van der Waals surface area contributed by atoms with E-state index in [1.54, 1.807) is 42.5 Å². The van der Waals surface area contributed by atoms with Crippen molar-refractivity contribution >= 4 is 59.3 Å². The van der Waals surface area contributed by atoms with E-state index in [-0.39, 0.29) is 26.1 Å². The quantitative estimate of drug-likeness (QED) is 0.272. The molecule has 168 valence electrons. The number of anilines is 3. The Hall–Kier alpha value is -2.94. The number of nitrogens with two attached hydrogens (primary N) is 1. The minimum absolute atomic E-state index is 0.0505. The van der Waals surface area contributed by atoms with E-state index in [9.17, 15) is 13.2 Å². The highest BCUT2D eigenvalue weighted by Crippen LogP contribution is 2.44. The van der Waals surface area contributed by atoms with Gasteiger partial charge in [0.15, 0.2) is 0 Å². The van der Waals surface area contributed by atoms with E-state index in [2.05, 4.69) is 21.2 Å². The first-order valence-electron chi connectivity index (χ1n) is 10.1. The topological polar surface area (TPSA) is 89.3 Å². The Labute approximate surface area is 205 Å². The third-order valence-electron chi connectivity index (χ3n) is 5.25. The molecule has 0 aliphatic carbocycles. The Kier molecular flexibility index (Phi) is 6.43. The van der Waals surface area contributed by atoms with Crippen LogP contribution in [0.15, 0.2) is 87.1 Å². The summed E-state index contributed by atoms with van der Waals surface area (Å²) in [6, 6.07) is 20.8. The van der Waals surface area contributed by atoms with Crippen LogP contribution in [0, 0.1) is 13.8 Å². The van der Waals surface area contributed by atoms with Crippen molar-refractivity contribution < 1.29 is 13.2 Å². The molecule has 0 spiro atoms. The summed E-state index contributed by atoms with van der Waals surface area (Å²) < 4.78 is 28.1. The zero-order valence-electron chi connectivity index (χ0n) is 17.9. The maximum atomic E-state index is 13.6. The fraction of sp³-hybridized carbons (Fsp3) is 0.0800. The second kappa shape index (κ2) is 9.13. The Morgan fingerprint density at radius 3 is 2.12 bits per heavy atom. The fourth-order valence-electron chi connectivity index (χ4n) is 3.52. The molecule has 0 aliphatic heterocycles. The SMILES string of the molecule is Cc1cccc(C)c1Nc1sc(C(=O)c2ccc(Br)cc2)c(N)c1S(=O)(=O)c1ccccc1. The predicted octanol–water partition coefficient (Wildman–Crippen LogP) is 6.52. The average Bonchev–Trinajstić information content (AvgIpc) is 3.13. The van der Waals surface area contributed by atoms with Gasteiger partial charge in [0, 0.05) is 15.7 Å². The Bertz CT molecular complexity index is 1430. The summed E-state index contributed by atoms with van der Waals surface area (Å²) in [5.41, 5.74) is 9.44. The van der Waals surface area contributed by atoms with Gasteiger partial charge >= 0.3 is 0 Å². The van der Waals surface area contributed by atoms with Gasteiger partial charge in [-0.25, -0.2) is 8.42 Å². The van der Waals surface area contributed by atoms with Crippen LogP contribution in [0.5, 0.6) is 0 Å². The number of ketones is 1. The van der Waals surface area contributed by atoms with Gasteiger partial charge in [0.05, 0.1) is 10.6 Å². The maximum Gasteiger partial charge on any atom is 0.211 e. The Morgan fingerprint density at radius 2 is 1.52 bits per heavy atom. The molecule has 5 nitrogen and oxygen atoms in total. The number of sulfone groups is 1. The van der Waals surface area contributed by atoms with E-state index in [0.717, 1.165) is 32.6 Å². The van der Waals surface area contributed by atoms with Crippen LogP contribution in [0.4, 0.5) is 16.4 Å². The first-order chi connectivity index (χ1) is 15.7. The number of nitrogen functional groups attached to an aromatic ring is 1. The van der Waals surface area contributed by atoms with E-state index >= 15 is 0 Å². The Morgan fingerprint density at radius 1 is 0.909 bits per heavy atom. The minimum Gasteiger partial charge on any atom is -0.396 e. The van der Waals surface area contributed by atoms with Gasteiger partial charge in [0.2, 0.25) is 15.6 Å². The van der Waals surface area contributed by atoms with Crippen molar-refractivity contribution in [1.82, 2.24) is 0 Å². The third kappa shape index (κ3) is 4.46. The van der Waals surface area contributed by atoms with Crippen LogP contribution in [-0.4, -0.2) is 14.2 Å². The van der Waals surface area contributed by atoms with Crippen LogP contribution in [0.1, 0.15) is 26.4 Å². The number of hydrogen-bond donors (Lipinski definition) is 2. The van der Waals surface area contributed by atoms with Crippen molar-refractivity contribution in [1.29, 1.82) is 0 Å². The highest BCUT2D eigenvalue weighted by Gasteiger charge is 2.32. The van der Waals surface area contributed by atoms with Crippen LogP contribution in [0.3, 0.4) is 0 Å². The summed E-state index contributed by atoms with van der Waals surface area (Å²) >= 11 is 4.41. The number of nitrogens with one attached hydrogen (secondary N) is 1. The van der Waals surface area contributed by atoms with Crippen molar-refractivity contribution in [3.8, 4) is 0 Å². The molecular formula is C25H21BrN2O3S2. The molecule has 4 aromatic rings. The number of halogens is 1. The molecule has 0 amide bonds. The summed E-state index contributed by atoms with van der Waals surface area (Å²) in [6.45, 7) is 3.87. The molecule has 8 heteroatoms. The lowest BCUT2D eigenvalue weighted by Crippen LogP contribution is -2.08. The molecule has 0 saturated heterocycles. The normalized spacial score (nSPS) is 11.4. The van der Waals surface area contributed by atoms with Crippen LogP contribution in [0.2, 0.25) is 0 Å². The second-order valence-corrected chi connectivity index (χ2v) is 11.4. The zero-order valence-corrected chi connectivity index (χ0v) is 21.1. The number of hydrogen-bond acceptors (Lipinski definition) is 6. The molecule has 0 fully saturated rings. The molecule has 0 bridgehead atoms. The third-order valence-corrected chi connectivity index (χ3v) is 8.89. The fourth-order valence-corrected chi connectivity index (χ4v) is 6.72. The highest BCUT2D eigenvalue weighted by molar-refractivity contribution is 9.10. The van der Waals surface area contributed by atoms with Gasteiger partial charge in [-0.1, -0.05) is 52.3 Å². The highest BCUT2D eigenvalue weighted by atomic mass is 79.9. The van der Waals surface area contributed by atoms with Crippen LogP contribution in [0.25, 0.3) is 0 Å². The number of carbonyl (C=O) groups is 1. The predicted molar refractivity (Wildman–Crippen MR) is 137 cm³/mol. The second-order valence-electron chi connectivity index (χ2n) is 7.55. The maximum absolute atomic E-state index is 13.6. The van der Waals surface area contributed by atoms with Gasteiger partial charge in [-0.2, -0.15) is 0 Å². The lowest BCUT2D eigenvalue weighted by molar-refractivity contribution is 0.104. The van der Waals surface area contributed by atoms with E-state index in [1.807, 2.05) is 32.0 Å². The molecule has 1 aromatic heterocycles. The summed E-state index contributed by atoms with van der Waals surface area (Å²) in [4.78, 5) is 13.5. The first kappa shape index (κ1) is 23.2. The van der Waals surface area contributed by atoms with Crippen molar-refractivity contribution in [2.24, 2.45) is 0 Å². The van der Waals surface area contributed by atoms with Crippen molar-refractivity contribution in [3.05, 3.63) is 98.8 Å². The zero-order chi connectivity index (χ0) is 23.8. The lowest BCUT2D eigenvalue weighted by atomic mass is 10.1. The van der Waals surface area contributed by atoms with Gasteiger partial charge in [0.25, 0.3) is 0 Å². The molecule has 0 saturated carbocycles. The summed E-state index contributed by atoms with van der Waals surface area (Å²) in [7, 11) is -3.98. The number of carbonyl (C=O) groups excluding carboxylic acids is 1. The monoisotopic (exact) mass is 540 g/mol. The Balaban J connectivity index is 1.92. The molecule has 1 heterocycles. The number of rotatable bonds is 6. The van der Waals surface area contributed by atoms with Crippen molar-refractivity contribution in [3.63, 3.8) is 0 Å². The number of thiophene rings is 1. The number of aryl methyl sites for hydroxylation is 2. The van der Waals surface area contributed by atoms with Crippen LogP contribution < -0.4 is 11.1 Å². The molecule has 0 radical (unpaired) electrons. The molecule has 3 N–H and O–H groups in total. The molecule has 33 heavy (non-hydrogen) atoms. The van der Waals surface area contributed by atoms with Crippen molar-refractivity contribution in [2.75, 3.05) is 11.1 Å². The van der Waals surface area contributed by atoms with E-state index in [4.69, 9.17) is 5.73 Å².